The molecule has 0 spiro atoms. The first-order valence-electron chi connectivity index (χ1n) is 6.13. The Labute approximate surface area is 134 Å². The van der Waals surface area contributed by atoms with E-state index >= 15 is 0 Å². The van der Waals surface area contributed by atoms with Crippen molar-refractivity contribution < 1.29 is 27.9 Å². The summed E-state index contributed by atoms with van der Waals surface area (Å²) in [4.78, 5) is 22.2. The van der Waals surface area contributed by atoms with E-state index in [0.29, 0.717) is 0 Å². The third-order valence-electron chi connectivity index (χ3n) is 2.86. The maximum absolute atomic E-state index is 12.8. The third-order valence-corrected chi connectivity index (χ3v) is 3.60. The number of hydrogen-bond donors (Lipinski definition) is 2. The summed E-state index contributed by atoms with van der Waals surface area (Å²) < 4.78 is 38.3. The van der Waals surface area contributed by atoms with E-state index in [0.717, 1.165) is 0 Å². The molecular weight excluding hydrogens is 346 g/mol. The highest BCUT2D eigenvalue weighted by molar-refractivity contribution is 6.42. The molecule has 0 radical (unpaired) electrons. The number of carboxylic acid groups (broad SMARTS) is 1. The molecule has 0 fully saturated rings. The Morgan fingerprint density at radius 1 is 1.23 bits per heavy atom. The van der Waals surface area contributed by atoms with Gasteiger partial charge in [-0.2, -0.15) is 13.2 Å². The number of carboxylic acids is 1. The lowest BCUT2D eigenvalue weighted by Gasteiger charge is -2.20. The van der Waals surface area contributed by atoms with Crippen LogP contribution < -0.4 is 5.32 Å². The average Bonchev–Trinajstić information content (AvgIpc) is 2.39. The first-order chi connectivity index (χ1) is 10.1. The van der Waals surface area contributed by atoms with Crippen LogP contribution in [0, 0.1) is 5.92 Å². The molecule has 0 aliphatic carbocycles. The van der Waals surface area contributed by atoms with Gasteiger partial charge in [-0.05, 0) is 24.6 Å². The molecule has 122 valence electrons. The number of benzene rings is 1. The van der Waals surface area contributed by atoms with E-state index in [1.54, 1.807) is 0 Å². The maximum atomic E-state index is 12.8. The lowest BCUT2D eigenvalue weighted by atomic mass is 10.0. The van der Waals surface area contributed by atoms with Crippen molar-refractivity contribution >= 4 is 35.1 Å². The Morgan fingerprint density at radius 3 is 2.36 bits per heavy atom. The predicted octanol–water partition coefficient (Wildman–Crippen LogP) is 3.77. The molecule has 0 aromatic heterocycles. The molecule has 1 aromatic carbocycles. The fourth-order valence-corrected chi connectivity index (χ4v) is 1.93. The molecule has 0 saturated carbocycles. The molecule has 0 saturated heterocycles. The molecule has 1 amide bonds. The Morgan fingerprint density at radius 2 is 1.86 bits per heavy atom. The molecule has 1 rings (SSSR count). The van der Waals surface area contributed by atoms with Gasteiger partial charge >= 0.3 is 12.1 Å². The number of carbonyl (C=O) groups is 2. The molecule has 4 nitrogen and oxygen atoms in total. The van der Waals surface area contributed by atoms with Gasteiger partial charge in [-0.3, -0.25) is 9.59 Å². The zero-order valence-corrected chi connectivity index (χ0v) is 12.6. The van der Waals surface area contributed by atoms with Crippen LogP contribution in [0.5, 0.6) is 0 Å². The second-order valence-electron chi connectivity index (χ2n) is 4.51. The highest BCUT2D eigenvalue weighted by atomic mass is 35.5. The number of rotatable bonds is 6. The number of amides is 1. The predicted molar refractivity (Wildman–Crippen MR) is 75.2 cm³/mol. The highest BCUT2D eigenvalue weighted by Crippen LogP contribution is 2.29. The van der Waals surface area contributed by atoms with Crippen LogP contribution >= 0.6 is 23.2 Å². The van der Waals surface area contributed by atoms with Crippen LogP contribution in [0.4, 0.5) is 13.2 Å². The minimum atomic E-state index is -4.60. The molecular formula is C13H12Cl2F3NO3. The number of nitrogens with one attached hydrogen (secondary N) is 1. The summed E-state index contributed by atoms with van der Waals surface area (Å²) in [5.74, 6) is -4.01. The van der Waals surface area contributed by atoms with Crippen LogP contribution in [0.1, 0.15) is 23.2 Å². The van der Waals surface area contributed by atoms with Gasteiger partial charge in [0.1, 0.15) is 0 Å². The first-order valence-corrected chi connectivity index (χ1v) is 6.88. The van der Waals surface area contributed by atoms with Crippen molar-refractivity contribution in [1.29, 1.82) is 0 Å². The second kappa shape index (κ2) is 7.69. The van der Waals surface area contributed by atoms with Crippen LogP contribution in [0.15, 0.2) is 18.2 Å². The standard InChI is InChI=1S/C13H12Cl2F3NO3/c14-9-3-1-7(5-10(9)15)12(22)19-6-8(13(16,17)18)2-4-11(20)21/h1,3,5,8H,2,4,6H2,(H,19,22)(H,20,21)/t8-/m0/s1. The molecule has 0 heterocycles. The van der Waals surface area contributed by atoms with Gasteiger partial charge in [0.15, 0.2) is 0 Å². The summed E-state index contributed by atoms with van der Waals surface area (Å²) in [6.45, 7) is -0.712. The number of hydrogen-bond acceptors (Lipinski definition) is 2. The van der Waals surface area contributed by atoms with Crippen molar-refractivity contribution in [2.45, 2.75) is 19.0 Å². The van der Waals surface area contributed by atoms with Crippen molar-refractivity contribution in [2.75, 3.05) is 6.54 Å². The molecule has 22 heavy (non-hydrogen) atoms. The Hall–Kier alpha value is -1.47. The van der Waals surface area contributed by atoms with E-state index in [2.05, 4.69) is 5.32 Å². The fourth-order valence-electron chi connectivity index (χ4n) is 1.63. The number of halogens is 5. The molecule has 0 aliphatic heterocycles. The highest BCUT2D eigenvalue weighted by Gasteiger charge is 2.39. The van der Waals surface area contributed by atoms with E-state index in [4.69, 9.17) is 28.3 Å². The van der Waals surface area contributed by atoms with Crippen LogP contribution in [0.3, 0.4) is 0 Å². The Kier molecular flexibility index (Phi) is 6.49. The zero-order valence-electron chi connectivity index (χ0n) is 11.1. The van der Waals surface area contributed by atoms with Gasteiger partial charge in [-0.25, -0.2) is 0 Å². The lowest BCUT2D eigenvalue weighted by Crippen LogP contribution is -2.36. The Bertz CT molecular complexity index is 564. The minimum Gasteiger partial charge on any atom is -0.481 e. The second-order valence-corrected chi connectivity index (χ2v) is 5.32. The molecule has 0 unspecified atom stereocenters. The summed E-state index contributed by atoms with van der Waals surface area (Å²) in [7, 11) is 0. The average molecular weight is 358 g/mol. The van der Waals surface area contributed by atoms with Gasteiger partial charge in [0.05, 0.1) is 16.0 Å². The third kappa shape index (κ3) is 5.73. The van der Waals surface area contributed by atoms with Crippen molar-refractivity contribution in [2.24, 2.45) is 5.92 Å². The van der Waals surface area contributed by atoms with Crippen molar-refractivity contribution in [3.8, 4) is 0 Å². The van der Waals surface area contributed by atoms with E-state index < -0.39 is 43.4 Å². The van der Waals surface area contributed by atoms with Gasteiger partial charge < -0.3 is 10.4 Å². The topological polar surface area (TPSA) is 66.4 Å². The van der Waals surface area contributed by atoms with Crippen LogP contribution in [-0.2, 0) is 4.79 Å². The molecule has 1 aromatic rings. The van der Waals surface area contributed by atoms with Gasteiger partial charge in [0.25, 0.3) is 5.91 Å². The summed E-state index contributed by atoms with van der Waals surface area (Å²) in [6.07, 6.45) is -5.84. The SMILES string of the molecule is O=C(O)CC[C@@H](CNC(=O)c1ccc(Cl)c(Cl)c1)C(F)(F)F. The first kappa shape index (κ1) is 18.6. The number of carbonyl (C=O) groups excluding carboxylic acids is 1. The largest absolute Gasteiger partial charge is 0.481 e. The molecule has 0 bridgehead atoms. The van der Waals surface area contributed by atoms with Crippen LogP contribution in [0.25, 0.3) is 0 Å². The van der Waals surface area contributed by atoms with Crippen molar-refractivity contribution in [3.05, 3.63) is 33.8 Å². The van der Waals surface area contributed by atoms with Crippen molar-refractivity contribution in [1.82, 2.24) is 5.32 Å². The summed E-state index contributed by atoms with van der Waals surface area (Å²) >= 11 is 11.4. The van der Waals surface area contributed by atoms with Gasteiger partial charge in [0, 0.05) is 18.5 Å². The smallest absolute Gasteiger partial charge is 0.393 e. The molecule has 1 atom stereocenters. The minimum absolute atomic E-state index is 0.0635. The fraction of sp³-hybridized carbons (Fsp3) is 0.385. The monoisotopic (exact) mass is 357 g/mol. The molecule has 0 aliphatic rings. The van der Waals surface area contributed by atoms with Gasteiger partial charge in [-0.15, -0.1) is 0 Å². The Balaban J connectivity index is 2.69. The van der Waals surface area contributed by atoms with Crippen molar-refractivity contribution in [3.63, 3.8) is 0 Å². The molecule has 9 heteroatoms. The van der Waals surface area contributed by atoms with E-state index in [1.165, 1.54) is 18.2 Å². The number of aliphatic carboxylic acids is 1. The summed E-state index contributed by atoms with van der Waals surface area (Å²) in [5, 5.41) is 10.9. The van der Waals surface area contributed by atoms with E-state index in [9.17, 15) is 22.8 Å². The van der Waals surface area contributed by atoms with Crippen LogP contribution in [0.2, 0.25) is 10.0 Å². The van der Waals surface area contributed by atoms with E-state index in [1.807, 2.05) is 0 Å². The summed E-state index contributed by atoms with van der Waals surface area (Å²) in [5.41, 5.74) is 0.0635. The maximum Gasteiger partial charge on any atom is 0.393 e. The summed E-state index contributed by atoms with van der Waals surface area (Å²) in [6, 6.07) is 3.91. The van der Waals surface area contributed by atoms with Gasteiger partial charge in [0.2, 0.25) is 0 Å². The van der Waals surface area contributed by atoms with Crippen LogP contribution in [-0.4, -0.2) is 29.7 Å². The molecule has 2 N–H and O–H groups in total. The van der Waals surface area contributed by atoms with E-state index in [-0.39, 0.29) is 15.6 Å². The van der Waals surface area contributed by atoms with Gasteiger partial charge in [-0.1, -0.05) is 23.2 Å². The number of alkyl halides is 3. The quantitative estimate of drug-likeness (QED) is 0.814. The lowest BCUT2D eigenvalue weighted by molar-refractivity contribution is -0.175. The zero-order chi connectivity index (χ0) is 16.9. The normalized spacial score (nSPS) is 12.8.